The van der Waals surface area contributed by atoms with Crippen LogP contribution in [0.15, 0.2) is 24.3 Å². The zero-order valence-corrected chi connectivity index (χ0v) is 10.2. The molecule has 15 heavy (non-hydrogen) atoms. The van der Waals surface area contributed by atoms with Crippen molar-refractivity contribution in [2.45, 2.75) is 46.6 Å². The molecule has 1 nitrogen and oxygen atoms in total. The summed E-state index contributed by atoms with van der Waals surface area (Å²) in [5.41, 5.74) is 2.51. The molecule has 1 aromatic rings. The van der Waals surface area contributed by atoms with E-state index in [4.69, 9.17) is 0 Å². The van der Waals surface area contributed by atoms with Gasteiger partial charge in [-0.15, -0.1) is 0 Å². The molecule has 0 aliphatic rings. The predicted octanol–water partition coefficient (Wildman–Crippen LogP) is 3.72. The SMILES string of the molecule is CCc1cccc(C(O)CC(C)(C)C)c1. The number of aryl methyl sites for hydroxylation is 1. The van der Waals surface area contributed by atoms with Gasteiger partial charge < -0.3 is 5.11 Å². The summed E-state index contributed by atoms with van der Waals surface area (Å²) < 4.78 is 0. The second-order valence-electron chi connectivity index (χ2n) is 5.38. The normalized spacial score (nSPS) is 13.9. The van der Waals surface area contributed by atoms with Gasteiger partial charge in [0.2, 0.25) is 0 Å². The number of hydrogen-bond donors (Lipinski definition) is 1. The minimum Gasteiger partial charge on any atom is -0.388 e. The Morgan fingerprint density at radius 3 is 2.47 bits per heavy atom. The predicted molar refractivity (Wildman–Crippen MR) is 64.9 cm³/mol. The molecule has 0 bridgehead atoms. The maximum Gasteiger partial charge on any atom is 0.0795 e. The van der Waals surface area contributed by atoms with E-state index in [-0.39, 0.29) is 11.5 Å². The average molecular weight is 206 g/mol. The van der Waals surface area contributed by atoms with Gasteiger partial charge >= 0.3 is 0 Å². The Labute approximate surface area is 93.1 Å². The number of aliphatic hydroxyl groups excluding tert-OH is 1. The van der Waals surface area contributed by atoms with E-state index < -0.39 is 0 Å². The summed E-state index contributed by atoms with van der Waals surface area (Å²) in [6.07, 6.45) is 1.49. The van der Waals surface area contributed by atoms with Crippen molar-refractivity contribution >= 4 is 0 Å². The molecule has 1 rings (SSSR count). The van der Waals surface area contributed by atoms with Gasteiger partial charge in [0.05, 0.1) is 6.10 Å². The molecule has 84 valence electrons. The first-order chi connectivity index (χ1) is 6.92. The van der Waals surface area contributed by atoms with Gasteiger partial charge in [0.15, 0.2) is 0 Å². The van der Waals surface area contributed by atoms with E-state index >= 15 is 0 Å². The maximum absolute atomic E-state index is 10.1. The Hall–Kier alpha value is -0.820. The average Bonchev–Trinajstić information content (AvgIpc) is 2.15. The quantitative estimate of drug-likeness (QED) is 0.799. The minimum atomic E-state index is -0.337. The summed E-state index contributed by atoms with van der Waals surface area (Å²) in [5.74, 6) is 0. The zero-order valence-electron chi connectivity index (χ0n) is 10.2. The molecule has 0 aliphatic heterocycles. The van der Waals surface area contributed by atoms with Gasteiger partial charge in [0, 0.05) is 0 Å². The van der Waals surface area contributed by atoms with Crippen molar-refractivity contribution < 1.29 is 5.11 Å². The molecule has 0 aromatic heterocycles. The van der Waals surface area contributed by atoms with Gasteiger partial charge in [-0.25, -0.2) is 0 Å². The van der Waals surface area contributed by atoms with Gasteiger partial charge in [0.1, 0.15) is 0 Å². The van der Waals surface area contributed by atoms with Crippen LogP contribution in [0.5, 0.6) is 0 Å². The van der Waals surface area contributed by atoms with Crippen LogP contribution in [0.4, 0.5) is 0 Å². The Morgan fingerprint density at radius 2 is 1.93 bits per heavy atom. The van der Waals surface area contributed by atoms with Crippen molar-refractivity contribution in [1.29, 1.82) is 0 Å². The third-order valence-electron chi connectivity index (χ3n) is 2.55. The lowest BCUT2D eigenvalue weighted by atomic mass is 9.86. The largest absolute Gasteiger partial charge is 0.388 e. The van der Waals surface area contributed by atoms with Crippen LogP contribution < -0.4 is 0 Å². The molecule has 1 N–H and O–H groups in total. The van der Waals surface area contributed by atoms with Crippen LogP contribution in [-0.4, -0.2) is 5.11 Å². The first kappa shape index (κ1) is 12.3. The molecule has 0 amide bonds. The summed E-state index contributed by atoms with van der Waals surface area (Å²) in [6, 6.07) is 8.25. The van der Waals surface area contributed by atoms with Gasteiger partial charge in [-0.05, 0) is 29.4 Å². The Bertz CT molecular complexity index is 309. The third-order valence-corrected chi connectivity index (χ3v) is 2.55. The van der Waals surface area contributed by atoms with Crippen LogP contribution in [-0.2, 0) is 6.42 Å². The van der Waals surface area contributed by atoms with Crippen molar-refractivity contribution in [2.24, 2.45) is 5.41 Å². The minimum absolute atomic E-state index is 0.168. The second-order valence-corrected chi connectivity index (χ2v) is 5.38. The van der Waals surface area contributed by atoms with E-state index in [2.05, 4.69) is 39.8 Å². The summed E-state index contributed by atoms with van der Waals surface area (Å²) in [6.45, 7) is 8.59. The molecule has 0 heterocycles. The van der Waals surface area contributed by atoms with Gasteiger partial charge in [-0.3, -0.25) is 0 Å². The molecule has 1 heteroatoms. The van der Waals surface area contributed by atoms with E-state index in [1.54, 1.807) is 0 Å². The van der Waals surface area contributed by atoms with E-state index in [9.17, 15) is 5.11 Å². The highest BCUT2D eigenvalue weighted by Crippen LogP contribution is 2.29. The monoisotopic (exact) mass is 206 g/mol. The highest BCUT2D eigenvalue weighted by atomic mass is 16.3. The second kappa shape index (κ2) is 4.80. The topological polar surface area (TPSA) is 20.2 Å². The van der Waals surface area contributed by atoms with E-state index in [1.165, 1.54) is 5.56 Å². The van der Waals surface area contributed by atoms with E-state index in [1.807, 2.05) is 12.1 Å². The summed E-state index contributed by atoms with van der Waals surface area (Å²) >= 11 is 0. The fraction of sp³-hybridized carbons (Fsp3) is 0.571. The lowest BCUT2D eigenvalue weighted by Gasteiger charge is -2.22. The molecule has 1 atom stereocenters. The number of rotatable bonds is 3. The van der Waals surface area contributed by atoms with Crippen molar-refractivity contribution in [3.05, 3.63) is 35.4 Å². The fourth-order valence-corrected chi connectivity index (χ4v) is 1.72. The molecular formula is C14H22O. The standard InChI is InChI=1S/C14H22O/c1-5-11-7-6-8-12(9-11)13(15)10-14(2,3)4/h6-9,13,15H,5,10H2,1-4H3. The molecule has 0 fully saturated rings. The highest BCUT2D eigenvalue weighted by Gasteiger charge is 2.17. The van der Waals surface area contributed by atoms with Gasteiger partial charge in [-0.1, -0.05) is 52.0 Å². The van der Waals surface area contributed by atoms with Crippen LogP contribution >= 0.6 is 0 Å². The first-order valence-corrected chi connectivity index (χ1v) is 5.69. The molecule has 0 radical (unpaired) electrons. The van der Waals surface area contributed by atoms with Crippen LogP contribution in [0.25, 0.3) is 0 Å². The molecule has 1 aromatic carbocycles. The maximum atomic E-state index is 10.1. The number of aliphatic hydroxyl groups is 1. The Kier molecular flexibility index (Phi) is 3.92. The van der Waals surface area contributed by atoms with Crippen LogP contribution in [0, 0.1) is 5.41 Å². The van der Waals surface area contributed by atoms with Crippen LogP contribution in [0.3, 0.4) is 0 Å². The number of benzene rings is 1. The van der Waals surface area contributed by atoms with Gasteiger partial charge in [0.25, 0.3) is 0 Å². The van der Waals surface area contributed by atoms with Crippen molar-refractivity contribution in [3.8, 4) is 0 Å². The molecular weight excluding hydrogens is 184 g/mol. The summed E-state index contributed by atoms with van der Waals surface area (Å²) in [7, 11) is 0. The smallest absolute Gasteiger partial charge is 0.0795 e. The molecule has 0 spiro atoms. The van der Waals surface area contributed by atoms with Crippen molar-refractivity contribution in [3.63, 3.8) is 0 Å². The Morgan fingerprint density at radius 1 is 1.27 bits per heavy atom. The Balaban J connectivity index is 2.77. The third kappa shape index (κ3) is 4.05. The fourth-order valence-electron chi connectivity index (χ4n) is 1.72. The van der Waals surface area contributed by atoms with Gasteiger partial charge in [-0.2, -0.15) is 0 Å². The van der Waals surface area contributed by atoms with Crippen LogP contribution in [0.2, 0.25) is 0 Å². The summed E-state index contributed by atoms with van der Waals surface area (Å²) in [4.78, 5) is 0. The molecule has 0 aliphatic carbocycles. The lowest BCUT2D eigenvalue weighted by molar-refractivity contribution is 0.122. The first-order valence-electron chi connectivity index (χ1n) is 5.69. The van der Waals surface area contributed by atoms with Crippen LogP contribution in [0.1, 0.15) is 51.3 Å². The zero-order chi connectivity index (χ0) is 11.5. The highest BCUT2D eigenvalue weighted by molar-refractivity contribution is 5.25. The lowest BCUT2D eigenvalue weighted by Crippen LogP contribution is -2.11. The number of hydrogen-bond acceptors (Lipinski definition) is 1. The van der Waals surface area contributed by atoms with Crippen molar-refractivity contribution in [1.82, 2.24) is 0 Å². The molecule has 1 unspecified atom stereocenters. The molecule has 0 saturated heterocycles. The van der Waals surface area contributed by atoms with E-state index in [0.717, 1.165) is 18.4 Å². The summed E-state index contributed by atoms with van der Waals surface area (Å²) in [5, 5.41) is 10.1. The van der Waals surface area contributed by atoms with E-state index in [0.29, 0.717) is 0 Å². The molecule has 0 saturated carbocycles. The van der Waals surface area contributed by atoms with Crippen molar-refractivity contribution in [2.75, 3.05) is 0 Å².